The van der Waals surface area contributed by atoms with Crippen LogP contribution in [0, 0.1) is 41.5 Å². The van der Waals surface area contributed by atoms with Gasteiger partial charge in [0.05, 0.1) is 0 Å². The fourth-order valence-electron chi connectivity index (χ4n) is 20.2. The van der Waals surface area contributed by atoms with Gasteiger partial charge in [0.1, 0.15) is 0 Å². The molecule has 150 heavy (non-hydrogen) atoms. The van der Waals surface area contributed by atoms with E-state index in [1.165, 1.54) is 234 Å². The molecule has 0 nitrogen and oxygen atoms in total. The molecule has 0 saturated carbocycles. The maximum Gasteiger partial charge on any atom is -0.00699 e. The van der Waals surface area contributed by atoms with Gasteiger partial charge < -0.3 is 0 Å². The molecule has 0 aromatic heterocycles. The Balaban J connectivity index is 0.000000113. The molecule has 0 unspecified atom stereocenters. The van der Waals surface area contributed by atoms with E-state index < -0.39 is 0 Å². The first-order valence-corrected chi connectivity index (χ1v) is 51.8. The molecule has 0 atom stereocenters. The second-order valence-corrected chi connectivity index (χ2v) is 37.9. The molecule has 0 bridgehead atoms. The summed E-state index contributed by atoms with van der Waals surface area (Å²) in [6.45, 7) is 13.0. The highest BCUT2D eigenvalue weighted by atomic mass is 14.3. The highest BCUT2D eigenvalue weighted by Gasteiger charge is 2.21. The van der Waals surface area contributed by atoms with Crippen LogP contribution in [-0.2, 0) is 0 Å². The van der Waals surface area contributed by atoms with Crippen molar-refractivity contribution in [3.8, 4) is 200 Å². The largest absolute Gasteiger partial charge is 0.0622 e. The molecule has 0 aliphatic carbocycles. The van der Waals surface area contributed by atoms with Crippen LogP contribution >= 0.6 is 0 Å². The summed E-state index contributed by atoms with van der Waals surface area (Å²) >= 11 is 0. The van der Waals surface area contributed by atoms with Gasteiger partial charge in [0.2, 0.25) is 0 Å². The van der Waals surface area contributed by atoms with E-state index in [9.17, 15) is 0 Å². The number of benzene rings is 24. The number of rotatable bonds is 18. The van der Waals surface area contributed by atoms with Crippen LogP contribution in [0.3, 0.4) is 0 Å². The van der Waals surface area contributed by atoms with E-state index >= 15 is 0 Å². The summed E-state index contributed by atoms with van der Waals surface area (Å²) in [5.74, 6) is 0. The summed E-state index contributed by atoms with van der Waals surface area (Å²) in [6, 6.07) is 220. The van der Waals surface area contributed by atoms with Crippen LogP contribution < -0.4 is 0 Å². The van der Waals surface area contributed by atoms with Crippen molar-refractivity contribution in [1.82, 2.24) is 0 Å². The summed E-state index contributed by atoms with van der Waals surface area (Å²) in [4.78, 5) is 0. The Morgan fingerprint density at radius 3 is 0.567 bits per heavy atom. The number of aryl methyl sites for hydroxylation is 6. The third-order valence-corrected chi connectivity index (χ3v) is 27.6. The summed E-state index contributed by atoms with van der Waals surface area (Å²) in [6.07, 6.45) is 0. The van der Waals surface area contributed by atoms with Crippen molar-refractivity contribution in [2.75, 3.05) is 0 Å². The molecule has 720 valence electrons. The lowest BCUT2D eigenvalue weighted by Gasteiger charge is -2.17. The lowest BCUT2D eigenvalue weighted by atomic mass is 9.87. The standard InChI is InChI=1S/6C25H20/c1-19-11-10-18-23(21-14-6-3-7-15-21)25(19)24-17-9-8-16-22(24)20-12-4-2-5-13-20;1-19-16-17-23(21-12-6-3-7-13-21)25(18-19)24-15-9-8-14-22(24)20-10-4-2-5-11-20;1-19-16-17-24(25(18-19)21-12-6-3-7-13-21)23-15-9-8-14-22(23)20-10-4-2-5-11-20;1-19-10-9-13-21(18-19)23-15-6-8-17-25(23)24-16-7-5-14-22(24)20-11-3-2-4-12-20;1-19-15-17-21(18-16-19)23-12-6-8-14-25(23)24-13-7-5-11-22(24)20-9-3-2-4-10-20;1-19-11-5-6-14-21(19)23-16-9-10-18-25(23)24-17-8-7-15-22(24)20-12-3-2-4-13-20/h6*2-18H,1H3. The van der Waals surface area contributed by atoms with Crippen LogP contribution in [0.15, 0.2) is 619 Å². The van der Waals surface area contributed by atoms with Gasteiger partial charge in [-0.05, 0) is 253 Å². The van der Waals surface area contributed by atoms with Gasteiger partial charge in [0.15, 0.2) is 0 Å². The van der Waals surface area contributed by atoms with Crippen LogP contribution in [0.4, 0.5) is 0 Å². The summed E-state index contributed by atoms with van der Waals surface area (Å²) in [5, 5.41) is 0. The van der Waals surface area contributed by atoms with E-state index in [4.69, 9.17) is 0 Å². The van der Waals surface area contributed by atoms with Crippen molar-refractivity contribution in [1.29, 1.82) is 0 Å². The molecule has 0 heterocycles. The highest BCUT2D eigenvalue weighted by Crippen LogP contribution is 2.47. The van der Waals surface area contributed by atoms with Crippen molar-refractivity contribution in [3.63, 3.8) is 0 Å². The molecule has 0 saturated heterocycles. The fourth-order valence-corrected chi connectivity index (χ4v) is 20.2. The molecule has 0 aliphatic rings. The lowest BCUT2D eigenvalue weighted by Crippen LogP contribution is -1.92. The quantitative estimate of drug-likeness (QED) is 0.0803. The van der Waals surface area contributed by atoms with E-state index in [1.807, 2.05) is 0 Å². The normalized spacial score (nSPS) is 10.6. The first kappa shape index (κ1) is 100.0. The van der Waals surface area contributed by atoms with Crippen LogP contribution in [0.25, 0.3) is 200 Å². The first-order valence-electron chi connectivity index (χ1n) is 51.8. The maximum absolute atomic E-state index is 2.30. The van der Waals surface area contributed by atoms with Gasteiger partial charge in [-0.25, -0.2) is 0 Å². The average Bonchev–Trinajstić information content (AvgIpc) is 0.778. The molecular formula is C150H120. The van der Waals surface area contributed by atoms with Crippen LogP contribution in [-0.4, -0.2) is 0 Å². The fraction of sp³-hybridized carbons (Fsp3) is 0.0400. The predicted octanol–water partition coefficient (Wildman–Crippen LogP) is 42.0. The van der Waals surface area contributed by atoms with Crippen LogP contribution in [0.1, 0.15) is 33.4 Å². The third-order valence-electron chi connectivity index (χ3n) is 27.6. The Bertz CT molecular complexity index is 8470. The summed E-state index contributed by atoms with van der Waals surface area (Å²) < 4.78 is 0. The SMILES string of the molecule is Cc1ccc(-c2ccccc2)c(-c2ccccc2-c2ccccc2)c1.Cc1ccc(-c2ccccc2-c2ccccc2)c(-c2ccccc2)c1.Cc1ccc(-c2ccccc2-c2ccccc2-c2ccccc2)cc1.Cc1cccc(-c2ccccc2)c1-c1ccccc1-c1ccccc1.Cc1cccc(-c2ccccc2-c2ccccc2-c2ccccc2)c1.Cc1ccccc1-c1ccccc1-c1ccccc1-c1ccccc1. The van der Waals surface area contributed by atoms with Gasteiger partial charge in [0, 0.05) is 0 Å². The van der Waals surface area contributed by atoms with Crippen molar-refractivity contribution >= 4 is 0 Å². The molecule has 24 rings (SSSR count). The van der Waals surface area contributed by atoms with Gasteiger partial charge in [0.25, 0.3) is 0 Å². The molecule has 0 heteroatoms. The molecule has 0 radical (unpaired) electrons. The third kappa shape index (κ3) is 24.4. The molecule has 0 fully saturated rings. The van der Waals surface area contributed by atoms with Crippen LogP contribution in [0.5, 0.6) is 0 Å². The highest BCUT2D eigenvalue weighted by molar-refractivity contribution is 5.99. The van der Waals surface area contributed by atoms with E-state index in [2.05, 4.69) is 660 Å². The van der Waals surface area contributed by atoms with Crippen molar-refractivity contribution in [3.05, 3.63) is 652 Å². The van der Waals surface area contributed by atoms with Crippen LogP contribution in [0.2, 0.25) is 0 Å². The molecule has 0 amide bonds. The minimum Gasteiger partial charge on any atom is -0.0622 e. The molecule has 24 aromatic rings. The Morgan fingerprint density at radius 1 is 0.0800 bits per heavy atom. The monoisotopic (exact) mass is 1920 g/mol. The molecule has 0 aliphatic heterocycles. The van der Waals surface area contributed by atoms with Gasteiger partial charge in [-0.2, -0.15) is 0 Å². The number of hydrogen-bond acceptors (Lipinski definition) is 0. The summed E-state index contributed by atoms with van der Waals surface area (Å²) in [7, 11) is 0. The lowest BCUT2D eigenvalue weighted by molar-refractivity contribution is 1.45. The Kier molecular flexibility index (Phi) is 33.1. The predicted molar refractivity (Wildman–Crippen MR) is 645 cm³/mol. The van der Waals surface area contributed by atoms with Crippen molar-refractivity contribution in [2.24, 2.45) is 0 Å². The van der Waals surface area contributed by atoms with Gasteiger partial charge in [-0.1, -0.05) is 641 Å². The van der Waals surface area contributed by atoms with E-state index in [0.717, 1.165) is 0 Å². The van der Waals surface area contributed by atoms with Crippen molar-refractivity contribution in [2.45, 2.75) is 41.5 Å². The zero-order valence-electron chi connectivity index (χ0n) is 85.9. The van der Waals surface area contributed by atoms with Gasteiger partial charge in [-0.3, -0.25) is 0 Å². The second-order valence-electron chi connectivity index (χ2n) is 37.9. The minimum absolute atomic E-state index is 1.25. The smallest absolute Gasteiger partial charge is 0.00699 e. The Morgan fingerprint density at radius 2 is 0.253 bits per heavy atom. The average molecular weight is 1920 g/mol. The number of hydrogen-bond donors (Lipinski definition) is 0. The Labute approximate surface area is 887 Å². The van der Waals surface area contributed by atoms with Crippen molar-refractivity contribution < 1.29 is 0 Å². The first-order chi connectivity index (χ1) is 74.0. The molecule has 24 aromatic carbocycles. The maximum atomic E-state index is 2.30. The molecule has 0 N–H and O–H groups in total. The van der Waals surface area contributed by atoms with E-state index in [1.54, 1.807) is 0 Å². The second kappa shape index (κ2) is 49.7. The van der Waals surface area contributed by atoms with Gasteiger partial charge in [-0.15, -0.1) is 0 Å². The van der Waals surface area contributed by atoms with E-state index in [-0.39, 0.29) is 0 Å². The Hall–Kier alpha value is -18.7. The topological polar surface area (TPSA) is 0 Å². The summed E-state index contributed by atoms with van der Waals surface area (Å²) in [5.41, 5.74) is 53.4. The minimum atomic E-state index is 1.25. The van der Waals surface area contributed by atoms with E-state index in [0.29, 0.717) is 0 Å². The van der Waals surface area contributed by atoms with Gasteiger partial charge >= 0.3 is 0 Å². The molecule has 0 spiro atoms. The molecular weight excluding hydrogens is 1800 g/mol. The zero-order chi connectivity index (χ0) is 102. The zero-order valence-corrected chi connectivity index (χ0v) is 85.9.